The van der Waals surface area contributed by atoms with Gasteiger partial charge in [-0.25, -0.2) is 0 Å². The summed E-state index contributed by atoms with van der Waals surface area (Å²) in [5.74, 6) is 0.130. The normalized spacial score (nSPS) is 11.5. The van der Waals surface area contributed by atoms with Crippen molar-refractivity contribution in [2.45, 2.75) is 40.5 Å². The van der Waals surface area contributed by atoms with E-state index in [1.807, 2.05) is 12.1 Å². The molecule has 82 valence electrons. The Morgan fingerprint density at radius 3 is 2.40 bits per heavy atom. The van der Waals surface area contributed by atoms with Crippen molar-refractivity contribution in [3.63, 3.8) is 0 Å². The van der Waals surface area contributed by atoms with Crippen LogP contribution in [0.1, 0.15) is 50.2 Å². The topological polar surface area (TPSA) is 30.0 Å². The zero-order valence-electron chi connectivity index (χ0n) is 10.0. The molecule has 0 radical (unpaired) electrons. The van der Waals surface area contributed by atoms with Crippen LogP contribution < -0.4 is 0 Å². The second-order valence-electron chi connectivity index (χ2n) is 5.07. The molecule has 0 unspecified atom stereocenters. The predicted molar refractivity (Wildman–Crippen MR) is 62.0 cm³/mol. The molecule has 0 aliphatic rings. The summed E-state index contributed by atoms with van der Waals surface area (Å²) in [6.07, 6.45) is 3.29. The lowest BCUT2D eigenvalue weighted by Crippen LogP contribution is -2.14. The molecule has 1 heterocycles. The zero-order valence-corrected chi connectivity index (χ0v) is 10.0. The predicted octanol–water partition coefficient (Wildman–Crippen LogP) is 3.26. The summed E-state index contributed by atoms with van der Waals surface area (Å²) >= 11 is 0. The van der Waals surface area contributed by atoms with Crippen LogP contribution >= 0.6 is 0 Å². The third kappa shape index (κ3) is 3.82. The third-order valence-corrected chi connectivity index (χ3v) is 2.21. The SMILES string of the molecule is CCc1ccc(C(=O)CC(C)(C)C)nc1. The minimum Gasteiger partial charge on any atom is -0.292 e. The molecule has 0 spiro atoms. The molecule has 2 heteroatoms. The van der Waals surface area contributed by atoms with Gasteiger partial charge in [0, 0.05) is 12.6 Å². The molecule has 0 aromatic carbocycles. The number of carbonyl (C=O) groups excluding carboxylic acids is 1. The highest BCUT2D eigenvalue weighted by Gasteiger charge is 2.17. The number of aromatic nitrogens is 1. The summed E-state index contributed by atoms with van der Waals surface area (Å²) < 4.78 is 0. The van der Waals surface area contributed by atoms with Crippen LogP contribution in [0, 0.1) is 5.41 Å². The second kappa shape index (κ2) is 4.56. The van der Waals surface area contributed by atoms with Crippen molar-refractivity contribution >= 4 is 5.78 Å². The Morgan fingerprint density at radius 1 is 1.33 bits per heavy atom. The lowest BCUT2D eigenvalue weighted by molar-refractivity contribution is 0.0935. The van der Waals surface area contributed by atoms with E-state index in [4.69, 9.17) is 0 Å². The quantitative estimate of drug-likeness (QED) is 0.709. The molecule has 15 heavy (non-hydrogen) atoms. The number of ketones is 1. The van der Waals surface area contributed by atoms with E-state index in [0.29, 0.717) is 12.1 Å². The highest BCUT2D eigenvalue weighted by molar-refractivity contribution is 5.94. The van der Waals surface area contributed by atoms with Crippen LogP contribution in [0.15, 0.2) is 18.3 Å². The first kappa shape index (κ1) is 11.9. The maximum absolute atomic E-state index is 11.8. The fourth-order valence-electron chi connectivity index (χ4n) is 1.37. The van der Waals surface area contributed by atoms with Crippen molar-refractivity contribution < 1.29 is 4.79 Å². The van der Waals surface area contributed by atoms with Crippen LogP contribution in [-0.2, 0) is 6.42 Å². The number of nitrogens with zero attached hydrogens (tertiary/aromatic N) is 1. The summed E-state index contributed by atoms with van der Waals surface area (Å²) in [6.45, 7) is 8.26. The van der Waals surface area contributed by atoms with Gasteiger partial charge in [-0.1, -0.05) is 33.8 Å². The lowest BCUT2D eigenvalue weighted by Gasteiger charge is -2.16. The van der Waals surface area contributed by atoms with E-state index in [1.54, 1.807) is 6.20 Å². The molecule has 0 N–H and O–H groups in total. The average molecular weight is 205 g/mol. The number of hydrogen-bond donors (Lipinski definition) is 0. The number of carbonyl (C=O) groups is 1. The maximum Gasteiger partial charge on any atom is 0.181 e. The first-order valence-electron chi connectivity index (χ1n) is 5.40. The standard InChI is InChI=1S/C13H19NO/c1-5-10-6-7-11(14-9-10)12(15)8-13(2,3)4/h6-7,9H,5,8H2,1-4H3. The Morgan fingerprint density at radius 2 is 2.00 bits per heavy atom. The van der Waals surface area contributed by atoms with E-state index in [0.717, 1.165) is 6.42 Å². The summed E-state index contributed by atoms with van der Waals surface area (Å²) in [5.41, 5.74) is 1.78. The number of Topliss-reactive ketones (excluding diaryl/α,β-unsaturated/α-hetero) is 1. The highest BCUT2D eigenvalue weighted by Crippen LogP contribution is 2.20. The fourth-order valence-corrected chi connectivity index (χ4v) is 1.37. The van der Waals surface area contributed by atoms with Crippen molar-refractivity contribution in [2.75, 3.05) is 0 Å². The van der Waals surface area contributed by atoms with E-state index in [9.17, 15) is 4.79 Å². The number of pyridine rings is 1. The molecule has 0 atom stereocenters. The highest BCUT2D eigenvalue weighted by atomic mass is 16.1. The van der Waals surface area contributed by atoms with Gasteiger partial charge in [0.15, 0.2) is 5.78 Å². The molecule has 0 aliphatic heterocycles. The van der Waals surface area contributed by atoms with Crippen LogP contribution in [0.25, 0.3) is 0 Å². The van der Waals surface area contributed by atoms with Gasteiger partial charge in [0.05, 0.1) is 0 Å². The van der Waals surface area contributed by atoms with E-state index in [2.05, 4.69) is 32.7 Å². The molecule has 0 saturated carbocycles. The van der Waals surface area contributed by atoms with Gasteiger partial charge in [-0.2, -0.15) is 0 Å². The van der Waals surface area contributed by atoms with Gasteiger partial charge >= 0.3 is 0 Å². The van der Waals surface area contributed by atoms with Gasteiger partial charge in [-0.3, -0.25) is 9.78 Å². The van der Waals surface area contributed by atoms with Crippen molar-refractivity contribution in [2.24, 2.45) is 5.41 Å². The van der Waals surface area contributed by atoms with Gasteiger partial charge in [-0.05, 0) is 23.5 Å². The fraction of sp³-hybridized carbons (Fsp3) is 0.538. The third-order valence-electron chi connectivity index (χ3n) is 2.21. The van der Waals surface area contributed by atoms with Crippen molar-refractivity contribution in [3.05, 3.63) is 29.6 Å². The Balaban J connectivity index is 2.75. The molecule has 0 saturated heterocycles. The first-order valence-corrected chi connectivity index (χ1v) is 5.40. The minimum atomic E-state index is 0.0300. The molecule has 1 rings (SSSR count). The van der Waals surface area contributed by atoms with Crippen LogP contribution in [0.4, 0.5) is 0 Å². The molecule has 0 amide bonds. The monoisotopic (exact) mass is 205 g/mol. The first-order chi connectivity index (χ1) is 6.92. The molecule has 0 fully saturated rings. The van der Waals surface area contributed by atoms with Gasteiger partial charge in [0.25, 0.3) is 0 Å². The summed E-state index contributed by atoms with van der Waals surface area (Å²) in [4.78, 5) is 16.0. The number of aryl methyl sites for hydroxylation is 1. The molecule has 1 aromatic rings. The molecule has 0 aliphatic carbocycles. The van der Waals surface area contributed by atoms with Gasteiger partial charge in [0.2, 0.25) is 0 Å². The van der Waals surface area contributed by atoms with E-state index in [1.165, 1.54) is 5.56 Å². The Bertz CT molecular complexity index is 333. The maximum atomic E-state index is 11.8. The van der Waals surface area contributed by atoms with Gasteiger partial charge in [-0.15, -0.1) is 0 Å². The van der Waals surface area contributed by atoms with Crippen molar-refractivity contribution in [1.82, 2.24) is 4.98 Å². The minimum absolute atomic E-state index is 0.0300. The molecule has 0 bridgehead atoms. The summed E-state index contributed by atoms with van der Waals surface area (Å²) in [5, 5.41) is 0. The number of rotatable bonds is 3. The second-order valence-corrected chi connectivity index (χ2v) is 5.07. The lowest BCUT2D eigenvalue weighted by atomic mass is 9.89. The van der Waals surface area contributed by atoms with Crippen molar-refractivity contribution in [3.8, 4) is 0 Å². The molecular weight excluding hydrogens is 186 g/mol. The van der Waals surface area contributed by atoms with Gasteiger partial charge < -0.3 is 0 Å². The van der Waals surface area contributed by atoms with Crippen molar-refractivity contribution in [1.29, 1.82) is 0 Å². The van der Waals surface area contributed by atoms with Crippen LogP contribution in [0.2, 0.25) is 0 Å². The molecule has 2 nitrogen and oxygen atoms in total. The Kier molecular flexibility index (Phi) is 3.61. The molecule has 1 aromatic heterocycles. The Labute approximate surface area is 91.7 Å². The van der Waals surface area contributed by atoms with Crippen LogP contribution in [0.5, 0.6) is 0 Å². The van der Waals surface area contributed by atoms with Crippen LogP contribution in [0.3, 0.4) is 0 Å². The largest absolute Gasteiger partial charge is 0.292 e. The zero-order chi connectivity index (χ0) is 11.5. The van der Waals surface area contributed by atoms with Crippen LogP contribution in [-0.4, -0.2) is 10.8 Å². The summed E-state index contributed by atoms with van der Waals surface area (Å²) in [7, 11) is 0. The number of hydrogen-bond acceptors (Lipinski definition) is 2. The molecular formula is C13H19NO. The average Bonchev–Trinajstić information content (AvgIpc) is 2.15. The Hall–Kier alpha value is -1.18. The van der Waals surface area contributed by atoms with E-state index < -0.39 is 0 Å². The smallest absolute Gasteiger partial charge is 0.181 e. The summed E-state index contributed by atoms with van der Waals surface area (Å²) in [6, 6.07) is 3.80. The van der Waals surface area contributed by atoms with Gasteiger partial charge in [0.1, 0.15) is 5.69 Å². The van der Waals surface area contributed by atoms with E-state index in [-0.39, 0.29) is 11.2 Å². The van der Waals surface area contributed by atoms with E-state index >= 15 is 0 Å².